The van der Waals surface area contributed by atoms with Crippen molar-refractivity contribution in [1.29, 1.82) is 0 Å². The van der Waals surface area contributed by atoms with Gasteiger partial charge >= 0.3 is 0 Å². The van der Waals surface area contributed by atoms with Crippen LogP contribution in [0.5, 0.6) is 0 Å². The van der Waals surface area contributed by atoms with Gasteiger partial charge in [0.25, 0.3) is 0 Å². The summed E-state index contributed by atoms with van der Waals surface area (Å²) in [5.74, 6) is -0.181. The molecule has 1 aromatic heterocycles. The van der Waals surface area contributed by atoms with Crippen molar-refractivity contribution in [3.05, 3.63) is 16.4 Å². The molecule has 1 amide bonds. The van der Waals surface area contributed by atoms with Gasteiger partial charge in [-0.2, -0.15) is 0 Å². The Hall–Kier alpha value is -0.550. The summed E-state index contributed by atoms with van der Waals surface area (Å²) in [6.45, 7) is 0.533. The van der Waals surface area contributed by atoms with Crippen LogP contribution < -0.4 is 5.32 Å². The van der Waals surface area contributed by atoms with Crippen LogP contribution in [0.4, 0.5) is 0 Å². The predicted molar refractivity (Wildman–Crippen MR) is 51.6 cm³/mol. The molecular formula is C7H8BrClN2O2. The Kier molecular flexibility index (Phi) is 4.24. The summed E-state index contributed by atoms with van der Waals surface area (Å²) in [5.41, 5.74) is 0.926. The maximum atomic E-state index is 10.7. The van der Waals surface area contributed by atoms with Crippen LogP contribution in [0, 0.1) is 0 Å². The first kappa shape index (κ1) is 10.5. The summed E-state index contributed by atoms with van der Waals surface area (Å²) in [7, 11) is 0. The molecule has 1 aromatic rings. The van der Waals surface area contributed by atoms with Crippen LogP contribution in [0.15, 0.2) is 15.4 Å². The van der Waals surface area contributed by atoms with Crippen molar-refractivity contribution in [2.75, 3.05) is 12.4 Å². The third kappa shape index (κ3) is 3.36. The fraction of sp³-hybridized carbons (Fsp3) is 0.429. The summed E-state index contributed by atoms with van der Waals surface area (Å²) < 4.78 is 5.37. The molecule has 0 bridgehead atoms. The average Bonchev–Trinajstić information content (AvgIpc) is 2.52. The molecule has 1 heterocycles. The summed E-state index contributed by atoms with van der Waals surface area (Å²) >= 11 is 8.50. The van der Waals surface area contributed by atoms with Crippen LogP contribution in [0.3, 0.4) is 0 Å². The normalized spacial score (nSPS) is 10.0. The SMILES string of the molecule is O=C(CCl)NCCc1conc1Br. The second kappa shape index (κ2) is 5.24. The summed E-state index contributed by atoms with van der Waals surface area (Å²) in [6, 6.07) is 0. The maximum Gasteiger partial charge on any atom is 0.234 e. The molecule has 0 spiro atoms. The van der Waals surface area contributed by atoms with Crippen molar-refractivity contribution >= 4 is 33.4 Å². The molecule has 0 saturated heterocycles. The maximum absolute atomic E-state index is 10.7. The number of nitrogens with one attached hydrogen (secondary N) is 1. The summed E-state index contributed by atoms with van der Waals surface area (Å²) in [4.78, 5) is 10.7. The number of aromatic nitrogens is 1. The van der Waals surface area contributed by atoms with Crippen molar-refractivity contribution in [1.82, 2.24) is 10.5 Å². The molecule has 72 valence electrons. The summed E-state index contributed by atoms with van der Waals surface area (Å²) in [6.07, 6.45) is 2.21. The van der Waals surface area contributed by atoms with Crippen LogP contribution in [0.25, 0.3) is 0 Å². The van der Waals surface area contributed by atoms with Gasteiger partial charge in [0.05, 0.1) is 0 Å². The number of alkyl halides is 1. The zero-order valence-corrected chi connectivity index (χ0v) is 9.06. The van der Waals surface area contributed by atoms with Crippen molar-refractivity contribution in [3.8, 4) is 0 Å². The van der Waals surface area contributed by atoms with Gasteiger partial charge in [0.15, 0.2) is 4.60 Å². The van der Waals surface area contributed by atoms with E-state index < -0.39 is 0 Å². The fourth-order valence-electron chi connectivity index (χ4n) is 0.789. The van der Waals surface area contributed by atoms with Crippen molar-refractivity contribution in [2.24, 2.45) is 0 Å². The van der Waals surface area contributed by atoms with Gasteiger partial charge < -0.3 is 9.84 Å². The molecule has 0 aliphatic carbocycles. The Labute approximate surface area is 88.7 Å². The van der Waals surface area contributed by atoms with Gasteiger partial charge in [-0.3, -0.25) is 4.79 Å². The molecule has 0 saturated carbocycles. The molecule has 0 aliphatic rings. The van der Waals surface area contributed by atoms with Gasteiger partial charge in [0.2, 0.25) is 5.91 Å². The standard InChI is InChI=1S/C7H8BrClN2O2/c8-7-5(4-13-11-7)1-2-10-6(12)3-9/h4H,1-3H2,(H,10,12). The highest BCUT2D eigenvalue weighted by Crippen LogP contribution is 2.13. The molecule has 0 radical (unpaired) electrons. The van der Waals surface area contributed by atoms with Crippen LogP contribution in [0.2, 0.25) is 0 Å². The Morgan fingerprint density at radius 1 is 1.77 bits per heavy atom. The zero-order chi connectivity index (χ0) is 9.68. The van der Waals surface area contributed by atoms with Gasteiger partial charge in [-0.1, -0.05) is 5.16 Å². The Balaban J connectivity index is 2.28. The second-order valence-corrected chi connectivity index (χ2v) is 3.38. The molecule has 1 rings (SSSR count). The lowest BCUT2D eigenvalue weighted by Gasteiger charge is -1.99. The first-order valence-corrected chi connectivity index (χ1v) is 4.98. The van der Waals surface area contributed by atoms with E-state index in [4.69, 9.17) is 16.1 Å². The molecular weight excluding hydrogens is 259 g/mol. The van der Waals surface area contributed by atoms with E-state index in [9.17, 15) is 4.79 Å². The average molecular weight is 268 g/mol. The molecule has 6 heteroatoms. The smallest absolute Gasteiger partial charge is 0.234 e. The molecule has 0 fully saturated rings. The Morgan fingerprint density at radius 2 is 2.54 bits per heavy atom. The number of hydrogen-bond donors (Lipinski definition) is 1. The number of hydrogen-bond acceptors (Lipinski definition) is 3. The van der Waals surface area contributed by atoms with E-state index in [0.717, 1.165) is 5.56 Å². The van der Waals surface area contributed by atoms with E-state index in [1.165, 1.54) is 6.26 Å². The van der Waals surface area contributed by atoms with Crippen molar-refractivity contribution in [3.63, 3.8) is 0 Å². The molecule has 0 atom stereocenters. The minimum Gasteiger partial charge on any atom is -0.363 e. The van der Waals surface area contributed by atoms with Crippen LogP contribution in [-0.2, 0) is 11.2 Å². The van der Waals surface area contributed by atoms with E-state index in [1.54, 1.807) is 0 Å². The number of rotatable bonds is 4. The molecule has 4 nitrogen and oxygen atoms in total. The predicted octanol–water partition coefficient (Wildman–Crippen LogP) is 1.33. The molecule has 0 aliphatic heterocycles. The lowest BCUT2D eigenvalue weighted by atomic mass is 10.2. The largest absolute Gasteiger partial charge is 0.363 e. The topological polar surface area (TPSA) is 55.1 Å². The van der Waals surface area contributed by atoms with Gasteiger partial charge in [-0.15, -0.1) is 11.6 Å². The highest BCUT2D eigenvalue weighted by Gasteiger charge is 2.04. The van der Waals surface area contributed by atoms with E-state index in [1.807, 2.05) is 0 Å². The first-order chi connectivity index (χ1) is 6.24. The molecule has 1 N–H and O–H groups in total. The second-order valence-electron chi connectivity index (χ2n) is 2.36. The molecule has 0 unspecified atom stereocenters. The van der Waals surface area contributed by atoms with Gasteiger partial charge in [0, 0.05) is 12.1 Å². The van der Waals surface area contributed by atoms with Gasteiger partial charge in [-0.05, 0) is 22.4 Å². The van der Waals surface area contributed by atoms with E-state index in [0.29, 0.717) is 17.6 Å². The Morgan fingerprint density at radius 3 is 3.08 bits per heavy atom. The fourth-order valence-corrected chi connectivity index (χ4v) is 1.26. The number of carbonyl (C=O) groups is 1. The van der Waals surface area contributed by atoms with Crippen molar-refractivity contribution in [2.45, 2.75) is 6.42 Å². The third-order valence-corrected chi connectivity index (χ3v) is 2.33. The van der Waals surface area contributed by atoms with E-state index in [2.05, 4.69) is 26.4 Å². The Bertz CT molecular complexity index is 290. The highest BCUT2D eigenvalue weighted by molar-refractivity contribution is 9.10. The lowest BCUT2D eigenvalue weighted by Crippen LogP contribution is -2.26. The first-order valence-electron chi connectivity index (χ1n) is 3.65. The van der Waals surface area contributed by atoms with Crippen LogP contribution in [-0.4, -0.2) is 23.5 Å². The number of amides is 1. The zero-order valence-electron chi connectivity index (χ0n) is 6.72. The van der Waals surface area contributed by atoms with Crippen LogP contribution >= 0.6 is 27.5 Å². The van der Waals surface area contributed by atoms with Gasteiger partial charge in [-0.25, -0.2) is 0 Å². The van der Waals surface area contributed by atoms with Crippen molar-refractivity contribution < 1.29 is 9.32 Å². The number of carbonyl (C=O) groups excluding carboxylic acids is 1. The third-order valence-electron chi connectivity index (χ3n) is 1.43. The molecule has 13 heavy (non-hydrogen) atoms. The van der Waals surface area contributed by atoms with Crippen LogP contribution in [0.1, 0.15) is 5.56 Å². The quantitative estimate of drug-likeness (QED) is 0.838. The minimum absolute atomic E-state index is 0.00912. The van der Waals surface area contributed by atoms with Gasteiger partial charge in [0.1, 0.15) is 12.1 Å². The lowest BCUT2D eigenvalue weighted by molar-refractivity contribution is -0.118. The number of nitrogens with zero attached hydrogens (tertiary/aromatic N) is 1. The van der Waals surface area contributed by atoms with E-state index in [-0.39, 0.29) is 11.8 Å². The number of halogens is 2. The minimum atomic E-state index is -0.172. The summed E-state index contributed by atoms with van der Waals surface area (Å²) in [5, 5.41) is 6.27. The monoisotopic (exact) mass is 266 g/mol. The molecule has 0 aromatic carbocycles. The highest BCUT2D eigenvalue weighted by atomic mass is 79.9. The van der Waals surface area contributed by atoms with E-state index >= 15 is 0 Å².